The van der Waals surface area contributed by atoms with Crippen molar-refractivity contribution in [1.29, 1.82) is 0 Å². The molecule has 0 aliphatic carbocycles. The van der Waals surface area contributed by atoms with E-state index >= 15 is 0 Å². The number of anilines is 1. The molecule has 36 heavy (non-hydrogen) atoms. The van der Waals surface area contributed by atoms with Crippen LogP contribution < -0.4 is 24.3 Å². The molecule has 0 saturated carbocycles. The largest absolute Gasteiger partial charge is 0.497 e. The van der Waals surface area contributed by atoms with E-state index in [1.54, 1.807) is 27.7 Å². The van der Waals surface area contributed by atoms with Crippen molar-refractivity contribution in [1.82, 2.24) is 14.8 Å². The second-order valence-corrected chi connectivity index (χ2v) is 8.77. The molecule has 1 N–H and O–H groups in total. The van der Waals surface area contributed by atoms with Crippen LogP contribution in [0.2, 0.25) is 0 Å². The maximum atomic E-state index is 6.72. The fourth-order valence-electron chi connectivity index (χ4n) is 4.94. The summed E-state index contributed by atoms with van der Waals surface area (Å²) in [7, 11) is 4.92. The van der Waals surface area contributed by atoms with Crippen molar-refractivity contribution in [3.05, 3.63) is 94.8 Å². The van der Waals surface area contributed by atoms with Crippen LogP contribution in [0.25, 0.3) is 5.70 Å². The molecule has 2 atom stereocenters. The Morgan fingerprint density at radius 1 is 0.861 bits per heavy atom. The first-order valence-electron chi connectivity index (χ1n) is 11.7. The highest BCUT2D eigenvalue weighted by Crippen LogP contribution is 2.51. The van der Waals surface area contributed by atoms with Crippen LogP contribution in [0.5, 0.6) is 23.0 Å². The number of hydrogen-bond acceptors (Lipinski definition) is 7. The summed E-state index contributed by atoms with van der Waals surface area (Å²) >= 11 is 0. The van der Waals surface area contributed by atoms with Gasteiger partial charge in [-0.2, -0.15) is 10.1 Å². The number of benzene rings is 3. The summed E-state index contributed by atoms with van der Waals surface area (Å²) in [6, 6.07) is 20.0. The number of methoxy groups -OCH3 is 3. The van der Waals surface area contributed by atoms with Crippen LogP contribution in [0, 0.1) is 6.92 Å². The molecule has 1 aromatic heterocycles. The van der Waals surface area contributed by atoms with Gasteiger partial charge in [-0.1, -0.05) is 35.9 Å². The number of aromatic nitrogens is 3. The van der Waals surface area contributed by atoms with Crippen molar-refractivity contribution in [3.63, 3.8) is 0 Å². The lowest BCUT2D eigenvalue weighted by Gasteiger charge is -2.39. The fourth-order valence-corrected chi connectivity index (χ4v) is 4.94. The van der Waals surface area contributed by atoms with E-state index in [9.17, 15) is 0 Å². The average molecular weight is 483 g/mol. The maximum Gasteiger partial charge on any atom is 0.226 e. The van der Waals surface area contributed by atoms with Crippen LogP contribution in [0.15, 0.2) is 72.6 Å². The van der Waals surface area contributed by atoms with Crippen LogP contribution >= 0.6 is 0 Å². The van der Waals surface area contributed by atoms with Gasteiger partial charge in [0.05, 0.1) is 27.0 Å². The van der Waals surface area contributed by atoms with Crippen molar-refractivity contribution < 1.29 is 18.9 Å². The molecule has 0 radical (unpaired) electrons. The molecule has 6 rings (SSSR count). The highest BCUT2D eigenvalue weighted by atomic mass is 16.5. The van der Waals surface area contributed by atoms with E-state index in [4.69, 9.17) is 18.9 Å². The van der Waals surface area contributed by atoms with Gasteiger partial charge in [0, 0.05) is 16.7 Å². The Labute approximate surface area is 209 Å². The van der Waals surface area contributed by atoms with E-state index in [0.717, 1.165) is 39.5 Å². The molecule has 182 valence electrons. The minimum atomic E-state index is -0.420. The third-order valence-corrected chi connectivity index (χ3v) is 6.72. The molecular weight excluding hydrogens is 456 g/mol. The van der Waals surface area contributed by atoms with Crippen molar-refractivity contribution in [2.24, 2.45) is 0 Å². The molecular formula is C28H26N4O4. The monoisotopic (exact) mass is 482 g/mol. The first-order valence-corrected chi connectivity index (χ1v) is 11.7. The Morgan fingerprint density at radius 2 is 1.64 bits per heavy atom. The molecule has 0 bridgehead atoms. The zero-order chi connectivity index (χ0) is 24.8. The van der Waals surface area contributed by atoms with Gasteiger partial charge in [-0.25, -0.2) is 4.68 Å². The lowest BCUT2D eigenvalue weighted by Crippen LogP contribution is -2.32. The maximum absolute atomic E-state index is 6.72. The molecule has 8 nitrogen and oxygen atoms in total. The summed E-state index contributed by atoms with van der Waals surface area (Å²) < 4.78 is 25.3. The van der Waals surface area contributed by atoms with Gasteiger partial charge in [0.25, 0.3) is 0 Å². The smallest absolute Gasteiger partial charge is 0.226 e. The Bertz CT molecular complexity index is 1480. The minimum Gasteiger partial charge on any atom is -0.497 e. The number of nitrogens with one attached hydrogen (secondary N) is 1. The number of aryl methyl sites for hydroxylation is 1. The lowest BCUT2D eigenvalue weighted by atomic mass is 9.84. The molecule has 0 saturated heterocycles. The first kappa shape index (κ1) is 22.0. The van der Waals surface area contributed by atoms with Gasteiger partial charge in [-0.05, 0) is 42.8 Å². The number of nitrogens with zero attached hydrogens (tertiary/aromatic N) is 3. The van der Waals surface area contributed by atoms with Gasteiger partial charge in [0.15, 0.2) is 11.5 Å². The van der Waals surface area contributed by atoms with Crippen LogP contribution in [-0.2, 0) is 0 Å². The van der Waals surface area contributed by atoms with Crippen LogP contribution in [0.3, 0.4) is 0 Å². The summed E-state index contributed by atoms with van der Waals surface area (Å²) in [5.41, 5.74) is 6.07. The Balaban J connectivity index is 1.61. The summed E-state index contributed by atoms with van der Waals surface area (Å²) in [6.07, 6.45) is 1.15. The molecule has 8 heteroatoms. The number of fused-ring (bicyclic) bond motifs is 3. The molecule has 0 spiro atoms. The average Bonchev–Trinajstić information content (AvgIpc) is 3.39. The van der Waals surface area contributed by atoms with Gasteiger partial charge in [-0.15, -0.1) is 0 Å². The Hall–Kier alpha value is -4.46. The van der Waals surface area contributed by atoms with Crippen molar-refractivity contribution in [2.45, 2.75) is 19.1 Å². The molecule has 3 aromatic carbocycles. The quantitative estimate of drug-likeness (QED) is 0.420. The summed E-state index contributed by atoms with van der Waals surface area (Å²) in [4.78, 5) is 4.50. The second kappa shape index (κ2) is 8.64. The summed E-state index contributed by atoms with van der Waals surface area (Å²) in [5, 5.41) is 8.12. The van der Waals surface area contributed by atoms with Gasteiger partial charge < -0.3 is 24.3 Å². The molecule has 0 unspecified atom stereocenters. The predicted octanol–water partition coefficient (Wildman–Crippen LogP) is 5.17. The Morgan fingerprint density at radius 3 is 2.39 bits per heavy atom. The van der Waals surface area contributed by atoms with Gasteiger partial charge >= 0.3 is 0 Å². The first-order chi connectivity index (χ1) is 17.6. The second-order valence-electron chi connectivity index (χ2n) is 8.77. The van der Waals surface area contributed by atoms with E-state index < -0.39 is 6.10 Å². The van der Waals surface area contributed by atoms with E-state index in [1.807, 2.05) is 41.1 Å². The molecule has 0 fully saturated rings. The highest BCUT2D eigenvalue weighted by Gasteiger charge is 2.41. The number of hydrogen-bond donors (Lipinski definition) is 1. The van der Waals surface area contributed by atoms with Crippen molar-refractivity contribution in [2.75, 3.05) is 26.6 Å². The molecule has 2 aliphatic rings. The number of ether oxygens (including phenoxy) is 4. The molecule has 0 amide bonds. The fraction of sp³-hybridized carbons (Fsp3) is 0.214. The topological polar surface area (TPSA) is 79.7 Å². The molecule has 4 aromatic rings. The lowest BCUT2D eigenvalue weighted by molar-refractivity contribution is 0.222. The zero-order valence-corrected chi connectivity index (χ0v) is 20.5. The minimum absolute atomic E-state index is 0.239. The van der Waals surface area contributed by atoms with Crippen molar-refractivity contribution in [3.8, 4) is 23.0 Å². The van der Waals surface area contributed by atoms with E-state index in [0.29, 0.717) is 17.4 Å². The van der Waals surface area contributed by atoms with E-state index in [2.05, 4.69) is 46.6 Å². The van der Waals surface area contributed by atoms with Crippen molar-refractivity contribution >= 4 is 11.6 Å². The third-order valence-electron chi connectivity index (χ3n) is 6.72. The summed E-state index contributed by atoms with van der Waals surface area (Å²) in [6.45, 7) is 2.08. The summed E-state index contributed by atoms with van der Waals surface area (Å²) in [5.74, 6) is 3.46. The normalized spacial score (nSPS) is 17.8. The predicted molar refractivity (Wildman–Crippen MR) is 136 cm³/mol. The van der Waals surface area contributed by atoms with Gasteiger partial charge in [0.2, 0.25) is 5.95 Å². The van der Waals surface area contributed by atoms with Gasteiger partial charge in [-0.3, -0.25) is 0 Å². The Kier molecular flexibility index (Phi) is 5.29. The molecule has 3 heterocycles. The van der Waals surface area contributed by atoms with Crippen LogP contribution in [0.1, 0.15) is 34.4 Å². The SMILES string of the molecule is COc1ccc2c(c1)C1=C([C@H](c3ccc(OC)c(OC)c3)O2)[C@@H](c2ccc(C)cc2)n2ncnc2N1. The zero-order valence-electron chi connectivity index (χ0n) is 20.5. The van der Waals surface area contributed by atoms with E-state index in [-0.39, 0.29) is 6.04 Å². The van der Waals surface area contributed by atoms with E-state index in [1.165, 1.54) is 5.56 Å². The number of rotatable bonds is 5. The van der Waals surface area contributed by atoms with Gasteiger partial charge in [0.1, 0.15) is 30.0 Å². The standard InChI is InChI=1S/C28H26N4O4/c1-16-5-7-17(8-6-16)26-24-25(31-28-29-15-30-32(26)28)20-14-19(33-2)10-12-21(20)36-27(24)18-9-11-22(34-3)23(13-18)35-4/h5-15,26-27H,1-4H3,(H,29,30,31)/t26-,27+/m1/s1. The third kappa shape index (κ3) is 3.45. The van der Waals surface area contributed by atoms with Crippen LogP contribution in [0.4, 0.5) is 5.95 Å². The molecule has 2 aliphatic heterocycles. The van der Waals surface area contributed by atoms with Crippen LogP contribution in [-0.4, -0.2) is 36.1 Å². The highest BCUT2D eigenvalue weighted by molar-refractivity contribution is 5.85.